The van der Waals surface area contributed by atoms with Gasteiger partial charge in [0, 0.05) is 25.6 Å². The molecule has 2 amide bonds. The average Bonchev–Trinajstić information content (AvgIpc) is 3.14. The molecular weight excluding hydrogens is 327 g/mol. The van der Waals surface area contributed by atoms with E-state index in [0.717, 1.165) is 6.07 Å². The summed E-state index contributed by atoms with van der Waals surface area (Å²) >= 11 is 0. The molecule has 0 spiro atoms. The molecule has 2 heterocycles. The zero-order valence-electron chi connectivity index (χ0n) is 13.7. The molecule has 1 aromatic rings. The lowest BCUT2D eigenvalue weighted by atomic mass is 9.98. The van der Waals surface area contributed by atoms with E-state index < -0.39 is 17.5 Å². The molecule has 134 valence electrons. The van der Waals surface area contributed by atoms with Crippen molar-refractivity contribution in [2.45, 2.75) is 45.3 Å². The van der Waals surface area contributed by atoms with E-state index in [9.17, 15) is 22.8 Å². The molecular formula is C15H20F3N3O3. The number of likely N-dealkylation sites (tertiary alicyclic amines) is 1. The smallest absolute Gasteiger partial charge is 0.351 e. The fourth-order valence-corrected chi connectivity index (χ4v) is 2.60. The van der Waals surface area contributed by atoms with Crippen LogP contribution in [0.4, 0.5) is 13.2 Å². The Bertz CT molecular complexity index is 625. The van der Waals surface area contributed by atoms with Gasteiger partial charge in [0.2, 0.25) is 17.6 Å². The van der Waals surface area contributed by atoms with Crippen molar-refractivity contribution in [1.82, 2.24) is 15.4 Å². The molecule has 1 aliphatic rings. The maximum Gasteiger partial charge on any atom is 0.452 e. The van der Waals surface area contributed by atoms with Crippen molar-refractivity contribution in [1.29, 1.82) is 0 Å². The Hall–Kier alpha value is -2.06. The summed E-state index contributed by atoms with van der Waals surface area (Å²) in [4.78, 5) is 25.6. The lowest BCUT2D eigenvalue weighted by Crippen LogP contribution is -2.45. The minimum atomic E-state index is -4.63. The molecule has 0 radical (unpaired) electrons. The van der Waals surface area contributed by atoms with Crippen LogP contribution in [-0.4, -0.2) is 35.0 Å². The molecule has 2 rings (SSSR count). The molecule has 1 N–H and O–H groups in total. The number of aromatic nitrogens is 1. The highest BCUT2D eigenvalue weighted by Crippen LogP contribution is 2.32. The first-order valence-corrected chi connectivity index (χ1v) is 7.68. The van der Waals surface area contributed by atoms with E-state index in [-0.39, 0.29) is 23.4 Å². The maximum atomic E-state index is 12.6. The zero-order valence-corrected chi connectivity index (χ0v) is 13.7. The Kier molecular flexibility index (Phi) is 4.91. The third kappa shape index (κ3) is 3.88. The van der Waals surface area contributed by atoms with Crippen LogP contribution < -0.4 is 5.32 Å². The molecule has 1 aromatic heterocycles. The third-order valence-electron chi connectivity index (χ3n) is 4.08. The highest BCUT2D eigenvalue weighted by atomic mass is 19.4. The Morgan fingerprint density at radius 2 is 2.08 bits per heavy atom. The van der Waals surface area contributed by atoms with Crippen LogP contribution in [0.3, 0.4) is 0 Å². The van der Waals surface area contributed by atoms with Crippen molar-refractivity contribution in [3.05, 3.63) is 17.5 Å². The van der Waals surface area contributed by atoms with Crippen LogP contribution >= 0.6 is 0 Å². The standard InChI is InChI=1S/C15H20F3N3O3/c1-4-12(22)21-6-5-9(8-21)13(23)19-14(2,3)10-7-11(24-20-10)15(16,17)18/h7,9H,4-6,8H2,1-3H3,(H,19,23). The first kappa shape index (κ1) is 18.3. The quantitative estimate of drug-likeness (QED) is 0.907. The number of rotatable bonds is 4. The predicted molar refractivity (Wildman–Crippen MR) is 77.7 cm³/mol. The molecule has 1 unspecified atom stereocenters. The van der Waals surface area contributed by atoms with E-state index in [4.69, 9.17) is 0 Å². The van der Waals surface area contributed by atoms with E-state index in [1.165, 1.54) is 0 Å². The zero-order chi connectivity index (χ0) is 18.1. The molecule has 1 saturated heterocycles. The Labute approximate surface area is 137 Å². The summed E-state index contributed by atoms with van der Waals surface area (Å²) in [7, 11) is 0. The summed E-state index contributed by atoms with van der Waals surface area (Å²) in [5.41, 5.74) is -1.13. The van der Waals surface area contributed by atoms with Crippen molar-refractivity contribution in [3.8, 4) is 0 Å². The summed E-state index contributed by atoms with van der Waals surface area (Å²) in [5.74, 6) is -1.92. The van der Waals surface area contributed by atoms with Crippen molar-refractivity contribution in [2.75, 3.05) is 13.1 Å². The number of halogens is 3. The first-order chi connectivity index (χ1) is 11.0. The van der Waals surface area contributed by atoms with Gasteiger partial charge in [0.15, 0.2) is 0 Å². The lowest BCUT2D eigenvalue weighted by Gasteiger charge is -2.25. The Morgan fingerprint density at radius 1 is 1.42 bits per heavy atom. The van der Waals surface area contributed by atoms with E-state index in [1.54, 1.807) is 25.7 Å². The summed E-state index contributed by atoms with van der Waals surface area (Å²) < 4.78 is 42.1. The van der Waals surface area contributed by atoms with Crippen molar-refractivity contribution in [2.24, 2.45) is 5.92 Å². The van der Waals surface area contributed by atoms with Crippen molar-refractivity contribution in [3.63, 3.8) is 0 Å². The van der Waals surface area contributed by atoms with E-state index in [0.29, 0.717) is 25.9 Å². The third-order valence-corrected chi connectivity index (χ3v) is 4.08. The van der Waals surface area contributed by atoms with Crippen molar-refractivity contribution >= 4 is 11.8 Å². The van der Waals surface area contributed by atoms with E-state index >= 15 is 0 Å². The highest BCUT2D eigenvalue weighted by molar-refractivity contribution is 5.82. The van der Waals surface area contributed by atoms with Gasteiger partial charge in [-0.15, -0.1) is 0 Å². The summed E-state index contributed by atoms with van der Waals surface area (Å²) in [6.07, 6.45) is -3.73. The van der Waals surface area contributed by atoms with E-state index in [2.05, 4.69) is 15.0 Å². The number of nitrogens with zero attached hydrogens (tertiary/aromatic N) is 2. The van der Waals surface area contributed by atoms with Crippen LogP contribution in [-0.2, 0) is 21.3 Å². The molecule has 0 saturated carbocycles. The Balaban J connectivity index is 2.02. The van der Waals surface area contributed by atoms with Crippen molar-refractivity contribution < 1.29 is 27.3 Å². The second-order valence-corrected chi connectivity index (χ2v) is 6.37. The monoisotopic (exact) mass is 347 g/mol. The molecule has 1 aliphatic heterocycles. The number of hydrogen-bond acceptors (Lipinski definition) is 4. The summed E-state index contributed by atoms with van der Waals surface area (Å²) in [5, 5.41) is 6.11. The van der Waals surface area contributed by atoms with Crippen LogP contribution in [0.2, 0.25) is 0 Å². The van der Waals surface area contributed by atoms with Gasteiger partial charge < -0.3 is 14.7 Å². The normalized spacial score (nSPS) is 18.8. The highest BCUT2D eigenvalue weighted by Gasteiger charge is 2.39. The van der Waals surface area contributed by atoms with Crippen LogP contribution in [0.5, 0.6) is 0 Å². The first-order valence-electron chi connectivity index (χ1n) is 7.68. The predicted octanol–water partition coefficient (Wildman–Crippen LogP) is 2.30. The minimum Gasteiger partial charge on any atom is -0.351 e. The lowest BCUT2D eigenvalue weighted by molar-refractivity contribution is -0.155. The molecule has 9 heteroatoms. The van der Waals surface area contributed by atoms with Crippen LogP contribution in [0.25, 0.3) is 0 Å². The maximum absolute atomic E-state index is 12.6. The molecule has 6 nitrogen and oxygen atoms in total. The van der Waals surface area contributed by atoms with Gasteiger partial charge in [-0.1, -0.05) is 12.1 Å². The minimum absolute atomic E-state index is 0.0114. The van der Waals surface area contributed by atoms with Gasteiger partial charge in [-0.25, -0.2) is 0 Å². The molecule has 0 aromatic carbocycles. The van der Waals surface area contributed by atoms with Gasteiger partial charge in [0.05, 0.1) is 11.5 Å². The van der Waals surface area contributed by atoms with Gasteiger partial charge in [-0.2, -0.15) is 13.2 Å². The van der Waals surface area contributed by atoms with Gasteiger partial charge in [0.25, 0.3) is 0 Å². The number of nitrogens with one attached hydrogen (secondary N) is 1. The number of carbonyl (C=O) groups excluding carboxylic acids is 2. The second kappa shape index (κ2) is 6.45. The molecule has 1 fully saturated rings. The topological polar surface area (TPSA) is 75.4 Å². The fraction of sp³-hybridized carbons (Fsp3) is 0.667. The molecule has 0 aliphatic carbocycles. The summed E-state index contributed by atoms with van der Waals surface area (Å²) in [6.45, 7) is 5.68. The Morgan fingerprint density at radius 3 is 2.62 bits per heavy atom. The van der Waals surface area contributed by atoms with Gasteiger partial charge >= 0.3 is 6.18 Å². The fourth-order valence-electron chi connectivity index (χ4n) is 2.60. The molecule has 1 atom stereocenters. The van der Waals surface area contributed by atoms with Gasteiger partial charge in [-0.3, -0.25) is 9.59 Å². The number of amides is 2. The molecule has 24 heavy (non-hydrogen) atoms. The van der Waals surface area contributed by atoms with Gasteiger partial charge in [0.1, 0.15) is 5.69 Å². The average molecular weight is 347 g/mol. The number of hydrogen-bond donors (Lipinski definition) is 1. The summed E-state index contributed by atoms with van der Waals surface area (Å²) in [6, 6.07) is 0.780. The number of carbonyl (C=O) groups is 2. The van der Waals surface area contributed by atoms with Crippen LogP contribution in [0.15, 0.2) is 10.6 Å². The van der Waals surface area contributed by atoms with Gasteiger partial charge in [-0.05, 0) is 20.3 Å². The van der Waals surface area contributed by atoms with E-state index in [1.807, 2.05) is 0 Å². The SMILES string of the molecule is CCC(=O)N1CCC(C(=O)NC(C)(C)c2cc(C(F)(F)F)on2)C1. The number of alkyl halides is 3. The van der Waals surface area contributed by atoms with Crippen LogP contribution in [0.1, 0.15) is 45.1 Å². The largest absolute Gasteiger partial charge is 0.452 e. The van der Waals surface area contributed by atoms with Crippen LogP contribution in [0, 0.1) is 5.92 Å². The molecule has 0 bridgehead atoms. The second-order valence-electron chi connectivity index (χ2n) is 6.37.